The maximum Gasteiger partial charge on any atom is 0.435 e. The van der Waals surface area contributed by atoms with Gasteiger partial charge in [-0.05, 0) is 6.92 Å². The molecule has 0 saturated carbocycles. The molecule has 1 aromatic rings. The summed E-state index contributed by atoms with van der Waals surface area (Å²) < 4.78 is 37.0. The predicted molar refractivity (Wildman–Crippen MR) is 40.0 cm³/mol. The van der Waals surface area contributed by atoms with Gasteiger partial charge in [-0.2, -0.15) is 18.3 Å². The fourth-order valence-electron chi connectivity index (χ4n) is 0.768. The molecule has 1 radical (unpaired) electrons. The average Bonchev–Trinajstić information content (AvgIpc) is 2.49. The lowest BCUT2D eigenvalue weighted by molar-refractivity contribution is -0.142. The lowest BCUT2D eigenvalue weighted by atomic mass is 10.3. The second-order valence-electron chi connectivity index (χ2n) is 2.68. The third kappa shape index (κ3) is 2.04. The largest absolute Gasteiger partial charge is 0.435 e. The van der Waals surface area contributed by atoms with Gasteiger partial charge < -0.3 is 5.73 Å². The van der Waals surface area contributed by atoms with Gasteiger partial charge in [-0.15, -0.1) is 0 Å². The molecule has 2 N–H and O–H groups in total. The normalized spacial score (nSPS) is 14.0. The van der Waals surface area contributed by atoms with E-state index in [4.69, 9.17) is 5.73 Å². The first-order valence-corrected chi connectivity index (χ1v) is 3.65. The van der Waals surface area contributed by atoms with Crippen LogP contribution in [0, 0.1) is 6.07 Å². The zero-order valence-corrected chi connectivity index (χ0v) is 7.17. The molecule has 0 aromatic carbocycles. The molecule has 0 aliphatic carbocycles. The summed E-state index contributed by atoms with van der Waals surface area (Å²) in [6, 6.07) is 0.986. The fraction of sp³-hybridized carbons (Fsp3) is 0.429. The van der Waals surface area contributed by atoms with E-state index in [0.29, 0.717) is 0 Å². The van der Waals surface area contributed by atoms with Crippen molar-refractivity contribution in [1.82, 2.24) is 9.78 Å². The third-order valence-corrected chi connectivity index (χ3v) is 1.63. The molecule has 1 heterocycles. The SMILES string of the molecule is CC(C(N)=O)n1c[c]c(C(F)(F)F)n1. The summed E-state index contributed by atoms with van der Waals surface area (Å²) >= 11 is 0. The molecule has 0 fully saturated rings. The Morgan fingerprint density at radius 3 is 2.64 bits per heavy atom. The smallest absolute Gasteiger partial charge is 0.368 e. The number of amides is 1. The first-order valence-electron chi connectivity index (χ1n) is 3.65. The number of halogens is 3. The van der Waals surface area contributed by atoms with Gasteiger partial charge in [0.15, 0.2) is 5.69 Å². The van der Waals surface area contributed by atoms with Gasteiger partial charge in [-0.3, -0.25) is 9.48 Å². The van der Waals surface area contributed by atoms with Gasteiger partial charge in [0.2, 0.25) is 5.91 Å². The molecule has 1 amide bonds. The highest BCUT2D eigenvalue weighted by Crippen LogP contribution is 2.27. The Bertz CT molecular complexity index is 344. The van der Waals surface area contributed by atoms with Crippen LogP contribution in [-0.2, 0) is 11.0 Å². The van der Waals surface area contributed by atoms with Gasteiger partial charge in [0.25, 0.3) is 0 Å². The van der Waals surface area contributed by atoms with Crippen LogP contribution < -0.4 is 5.73 Å². The topological polar surface area (TPSA) is 60.9 Å². The third-order valence-electron chi connectivity index (χ3n) is 1.63. The minimum atomic E-state index is -4.55. The van der Waals surface area contributed by atoms with Gasteiger partial charge in [-0.1, -0.05) is 0 Å². The van der Waals surface area contributed by atoms with E-state index in [9.17, 15) is 18.0 Å². The minimum absolute atomic E-state index is 0.754. The first kappa shape index (κ1) is 10.6. The number of nitrogens with two attached hydrogens (primary N) is 1. The minimum Gasteiger partial charge on any atom is -0.368 e. The summed E-state index contributed by atoms with van der Waals surface area (Å²) in [6.07, 6.45) is -3.61. The Morgan fingerprint density at radius 2 is 2.29 bits per heavy atom. The van der Waals surface area contributed by atoms with Gasteiger partial charge in [0.1, 0.15) is 6.04 Å². The number of hydrogen-bond donors (Lipinski definition) is 1. The van der Waals surface area contributed by atoms with Crippen molar-refractivity contribution < 1.29 is 18.0 Å². The molecule has 4 nitrogen and oxygen atoms in total. The van der Waals surface area contributed by atoms with Crippen LogP contribution in [0.4, 0.5) is 13.2 Å². The highest BCUT2D eigenvalue weighted by Gasteiger charge is 2.34. The summed E-state index contributed by atoms with van der Waals surface area (Å²) in [7, 11) is 0. The van der Waals surface area contributed by atoms with Crippen LogP contribution in [0.15, 0.2) is 6.20 Å². The van der Waals surface area contributed by atoms with Crippen LogP contribution in [0.25, 0.3) is 0 Å². The lowest BCUT2D eigenvalue weighted by Crippen LogP contribution is -2.24. The number of hydrogen-bond acceptors (Lipinski definition) is 2. The monoisotopic (exact) mass is 206 g/mol. The number of rotatable bonds is 2. The number of carbonyl (C=O) groups excluding carboxylic acids is 1. The van der Waals surface area contributed by atoms with Gasteiger partial charge in [0.05, 0.1) is 0 Å². The Kier molecular flexibility index (Phi) is 2.50. The maximum atomic E-state index is 12.0. The van der Waals surface area contributed by atoms with E-state index in [1.54, 1.807) is 0 Å². The molecule has 0 bridgehead atoms. The second-order valence-corrected chi connectivity index (χ2v) is 2.68. The van der Waals surface area contributed by atoms with E-state index >= 15 is 0 Å². The Morgan fingerprint density at radius 1 is 1.71 bits per heavy atom. The van der Waals surface area contributed by atoms with Crippen LogP contribution in [0.1, 0.15) is 18.7 Å². The van der Waals surface area contributed by atoms with Crippen molar-refractivity contribution in [2.75, 3.05) is 0 Å². The molecule has 14 heavy (non-hydrogen) atoms. The molecule has 0 aliphatic heterocycles. The molecule has 1 unspecified atom stereocenters. The van der Waals surface area contributed by atoms with Crippen molar-refractivity contribution in [3.63, 3.8) is 0 Å². The molecule has 1 atom stereocenters. The summed E-state index contributed by atoms with van der Waals surface area (Å²) in [5.74, 6) is -0.754. The van der Waals surface area contributed by atoms with Gasteiger partial charge in [0, 0.05) is 12.3 Å². The summed E-state index contributed by atoms with van der Waals surface area (Å²) in [6.45, 7) is 1.35. The maximum absolute atomic E-state index is 12.0. The number of carbonyl (C=O) groups is 1. The van der Waals surface area contributed by atoms with E-state index in [0.717, 1.165) is 10.9 Å². The van der Waals surface area contributed by atoms with Crippen LogP contribution in [0.2, 0.25) is 0 Å². The fourth-order valence-corrected chi connectivity index (χ4v) is 0.768. The zero-order valence-electron chi connectivity index (χ0n) is 7.17. The van der Waals surface area contributed by atoms with E-state index < -0.39 is 23.8 Å². The average molecular weight is 206 g/mol. The second kappa shape index (κ2) is 3.32. The molecule has 0 spiro atoms. The molecule has 1 rings (SSSR count). The number of nitrogens with zero attached hydrogens (tertiary/aromatic N) is 2. The standard InChI is InChI=1S/C7H7F3N3O/c1-4(6(11)14)13-3-2-5(12-13)7(8,9)10/h3-4H,1H3,(H2,11,14). The highest BCUT2D eigenvalue weighted by atomic mass is 19.4. The number of aromatic nitrogens is 2. The molecule has 77 valence electrons. The van der Waals surface area contributed by atoms with Crippen LogP contribution in [-0.4, -0.2) is 15.7 Å². The van der Waals surface area contributed by atoms with E-state index in [1.807, 2.05) is 6.07 Å². The van der Waals surface area contributed by atoms with Gasteiger partial charge >= 0.3 is 6.18 Å². The summed E-state index contributed by atoms with van der Waals surface area (Å²) in [4.78, 5) is 10.6. The Hall–Kier alpha value is -1.53. The van der Waals surface area contributed by atoms with Crippen LogP contribution >= 0.6 is 0 Å². The highest BCUT2D eigenvalue weighted by molar-refractivity contribution is 5.77. The van der Waals surface area contributed by atoms with Crippen molar-refractivity contribution in [2.45, 2.75) is 19.1 Å². The van der Waals surface area contributed by atoms with Crippen LogP contribution in [0.5, 0.6) is 0 Å². The summed E-state index contributed by atoms with van der Waals surface area (Å²) in [5, 5.41) is 3.14. The van der Waals surface area contributed by atoms with Crippen molar-refractivity contribution in [2.24, 2.45) is 5.73 Å². The van der Waals surface area contributed by atoms with Crippen molar-refractivity contribution in [3.8, 4) is 0 Å². The molecule has 1 aromatic heterocycles. The molecule has 7 heteroatoms. The zero-order chi connectivity index (χ0) is 10.9. The van der Waals surface area contributed by atoms with Crippen molar-refractivity contribution in [3.05, 3.63) is 18.0 Å². The molecule has 0 aliphatic rings. The Balaban J connectivity index is 2.94. The Labute approximate surface area is 77.5 Å². The first-order chi connectivity index (χ1) is 6.32. The van der Waals surface area contributed by atoms with E-state index in [-0.39, 0.29) is 0 Å². The molecular formula is C7H7F3N3O. The van der Waals surface area contributed by atoms with E-state index in [2.05, 4.69) is 5.10 Å². The lowest BCUT2D eigenvalue weighted by Gasteiger charge is -2.07. The molecule has 0 saturated heterocycles. The van der Waals surface area contributed by atoms with Crippen molar-refractivity contribution >= 4 is 5.91 Å². The molecular weight excluding hydrogens is 199 g/mol. The van der Waals surface area contributed by atoms with Gasteiger partial charge in [-0.25, -0.2) is 0 Å². The summed E-state index contributed by atoms with van der Waals surface area (Å²) in [5.41, 5.74) is 3.73. The quantitative estimate of drug-likeness (QED) is 0.776. The van der Waals surface area contributed by atoms with Crippen molar-refractivity contribution in [1.29, 1.82) is 0 Å². The van der Waals surface area contributed by atoms with Crippen LogP contribution in [0.3, 0.4) is 0 Å². The predicted octanol–water partition coefficient (Wildman–Crippen LogP) is 0.748. The van der Waals surface area contributed by atoms with E-state index in [1.165, 1.54) is 6.92 Å². The number of alkyl halides is 3. The number of primary amides is 1.